The monoisotopic (exact) mass is 461 g/mol. The zero-order valence-electron chi connectivity index (χ0n) is 15.2. The Morgan fingerprint density at radius 1 is 1.37 bits per heavy atom. The van der Waals surface area contributed by atoms with Crippen LogP contribution in [0.5, 0.6) is 0 Å². The van der Waals surface area contributed by atoms with Crippen molar-refractivity contribution in [3.63, 3.8) is 0 Å². The van der Waals surface area contributed by atoms with E-state index in [0.29, 0.717) is 0 Å². The molecule has 1 aromatic carbocycles. The average molecular weight is 461 g/mol. The molecule has 0 spiro atoms. The number of hydrogen-bond donors (Lipinski definition) is 2. The SMILES string of the molecule is CCS(=O)(=O)N(Cc1ncc(C(=N)OC(=N)C(F)F)s1)c1nc2cc(F)ccc2o1. The minimum absolute atomic E-state index is 0.0175. The molecule has 2 aromatic heterocycles. The number of alkyl halides is 2. The number of hydrogen-bond acceptors (Lipinski definition) is 9. The van der Waals surface area contributed by atoms with Crippen molar-refractivity contribution in [2.75, 3.05) is 10.1 Å². The van der Waals surface area contributed by atoms with Crippen LogP contribution in [-0.4, -0.2) is 42.4 Å². The Balaban J connectivity index is 1.89. The van der Waals surface area contributed by atoms with Gasteiger partial charge in [-0.25, -0.2) is 22.1 Å². The van der Waals surface area contributed by atoms with Gasteiger partial charge in [0.25, 0.3) is 5.90 Å². The summed E-state index contributed by atoms with van der Waals surface area (Å²) < 4.78 is 74.0. The first-order valence-corrected chi connectivity index (χ1v) is 10.7. The fraction of sp³-hybridized carbons (Fsp3) is 0.250. The maximum absolute atomic E-state index is 13.4. The second-order valence-electron chi connectivity index (χ2n) is 5.73. The van der Waals surface area contributed by atoms with E-state index in [1.807, 2.05) is 0 Å². The zero-order valence-corrected chi connectivity index (χ0v) is 16.9. The molecule has 0 amide bonds. The van der Waals surface area contributed by atoms with Crippen molar-refractivity contribution in [3.05, 3.63) is 40.1 Å². The number of benzene rings is 1. The molecule has 14 heteroatoms. The van der Waals surface area contributed by atoms with Gasteiger partial charge < -0.3 is 9.15 Å². The van der Waals surface area contributed by atoms with Gasteiger partial charge in [-0.15, -0.1) is 11.3 Å². The van der Waals surface area contributed by atoms with Crippen LogP contribution in [0.3, 0.4) is 0 Å². The minimum atomic E-state index is -3.88. The number of fused-ring (bicyclic) bond motifs is 1. The molecule has 0 aliphatic carbocycles. The molecule has 0 aliphatic heterocycles. The third-order valence-corrected chi connectivity index (χ3v) is 6.39. The van der Waals surface area contributed by atoms with Crippen LogP contribution in [0, 0.1) is 16.6 Å². The van der Waals surface area contributed by atoms with Gasteiger partial charge in [-0.3, -0.25) is 10.8 Å². The van der Waals surface area contributed by atoms with Crippen molar-refractivity contribution < 1.29 is 30.7 Å². The summed E-state index contributed by atoms with van der Waals surface area (Å²) in [5.41, 5.74) is 0.310. The van der Waals surface area contributed by atoms with Gasteiger partial charge in [-0.2, -0.15) is 13.8 Å². The summed E-state index contributed by atoms with van der Waals surface area (Å²) in [6, 6.07) is 3.26. The highest BCUT2D eigenvalue weighted by Crippen LogP contribution is 2.27. The number of thiazole rings is 1. The Bertz CT molecular complexity index is 1210. The number of sulfonamides is 1. The van der Waals surface area contributed by atoms with Crippen LogP contribution in [0.15, 0.2) is 28.8 Å². The van der Waals surface area contributed by atoms with E-state index in [2.05, 4.69) is 14.7 Å². The smallest absolute Gasteiger partial charge is 0.312 e. The van der Waals surface area contributed by atoms with Gasteiger partial charge in [0.05, 0.1) is 18.5 Å². The molecule has 0 atom stereocenters. The van der Waals surface area contributed by atoms with E-state index in [0.717, 1.165) is 34.0 Å². The summed E-state index contributed by atoms with van der Waals surface area (Å²) in [5, 5.41) is 14.8. The van der Waals surface area contributed by atoms with Crippen LogP contribution < -0.4 is 4.31 Å². The second kappa shape index (κ2) is 8.39. The lowest BCUT2D eigenvalue weighted by Crippen LogP contribution is -2.32. The molecular formula is C16H14F3N5O4S2. The Hall–Kier alpha value is -3.00. The van der Waals surface area contributed by atoms with E-state index in [1.165, 1.54) is 13.0 Å². The first kappa shape index (κ1) is 21.7. The number of rotatable bonds is 7. The lowest BCUT2D eigenvalue weighted by molar-refractivity contribution is 0.197. The van der Waals surface area contributed by atoms with Gasteiger partial charge in [0, 0.05) is 6.07 Å². The highest BCUT2D eigenvalue weighted by molar-refractivity contribution is 7.92. The molecule has 30 heavy (non-hydrogen) atoms. The van der Waals surface area contributed by atoms with Gasteiger partial charge in [0.2, 0.25) is 15.9 Å². The van der Waals surface area contributed by atoms with Crippen LogP contribution in [0.4, 0.5) is 19.2 Å². The number of aromatic nitrogens is 2. The van der Waals surface area contributed by atoms with E-state index in [1.54, 1.807) is 0 Å². The number of oxazole rings is 1. The number of halogens is 3. The van der Waals surface area contributed by atoms with Gasteiger partial charge in [-0.05, 0) is 19.1 Å². The summed E-state index contributed by atoms with van der Waals surface area (Å²) in [6.45, 7) is 1.09. The zero-order chi connectivity index (χ0) is 22.1. The van der Waals surface area contributed by atoms with E-state index < -0.39 is 34.1 Å². The molecular weight excluding hydrogens is 447 g/mol. The standard InChI is InChI=1S/C16H14F3N5O4S2/c1-2-30(25,26)24(16-23-9-5-8(17)3-4-10(9)27-16)7-12-22-6-11(29-12)14(20)28-15(21)13(18)19/h3-6,13,20-21H,2,7H2,1H3. The molecule has 2 heterocycles. The largest absolute Gasteiger partial charge is 0.423 e. The fourth-order valence-corrected chi connectivity index (χ4v) is 4.07. The lowest BCUT2D eigenvalue weighted by atomic mass is 10.3. The predicted molar refractivity (Wildman–Crippen MR) is 103 cm³/mol. The second-order valence-corrected chi connectivity index (χ2v) is 9.03. The van der Waals surface area contributed by atoms with Crippen LogP contribution in [0.2, 0.25) is 0 Å². The third kappa shape index (κ3) is 4.59. The molecule has 0 radical (unpaired) electrons. The fourth-order valence-electron chi connectivity index (χ4n) is 2.25. The first-order valence-electron chi connectivity index (χ1n) is 8.25. The van der Waals surface area contributed by atoms with Crippen molar-refractivity contribution in [2.24, 2.45) is 0 Å². The van der Waals surface area contributed by atoms with Gasteiger partial charge in [0.1, 0.15) is 21.2 Å². The van der Waals surface area contributed by atoms with E-state index in [9.17, 15) is 21.6 Å². The predicted octanol–water partition coefficient (Wildman–Crippen LogP) is 3.36. The maximum atomic E-state index is 13.4. The van der Waals surface area contributed by atoms with Crippen molar-refractivity contribution in [3.8, 4) is 0 Å². The van der Waals surface area contributed by atoms with Crippen molar-refractivity contribution in [1.29, 1.82) is 10.8 Å². The molecule has 0 saturated heterocycles. The molecule has 3 rings (SSSR count). The Morgan fingerprint density at radius 2 is 2.10 bits per heavy atom. The summed E-state index contributed by atoms with van der Waals surface area (Å²) in [6.07, 6.45) is -2.04. The normalized spacial score (nSPS) is 11.8. The molecule has 9 nitrogen and oxygen atoms in total. The number of nitrogens with one attached hydrogen (secondary N) is 2. The lowest BCUT2D eigenvalue weighted by Gasteiger charge is -2.18. The van der Waals surface area contributed by atoms with Crippen LogP contribution in [-0.2, 0) is 21.3 Å². The van der Waals surface area contributed by atoms with E-state index >= 15 is 0 Å². The number of ether oxygens (including phenoxy) is 1. The Kier molecular flexibility index (Phi) is 6.07. The highest BCUT2D eigenvalue weighted by Gasteiger charge is 2.28. The van der Waals surface area contributed by atoms with Gasteiger partial charge in [0.15, 0.2) is 5.58 Å². The minimum Gasteiger partial charge on any atom is -0.423 e. The van der Waals surface area contributed by atoms with Crippen LogP contribution in [0.1, 0.15) is 16.8 Å². The molecule has 0 unspecified atom stereocenters. The Labute approximate surface area is 172 Å². The van der Waals surface area contributed by atoms with Crippen molar-refractivity contribution in [1.82, 2.24) is 9.97 Å². The first-order chi connectivity index (χ1) is 14.1. The molecule has 3 aromatic rings. The summed E-state index contributed by atoms with van der Waals surface area (Å²) in [5.74, 6) is -2.96. The third-order valence-electron chi connectivity index (χ3n) is 3.72. The van der Waals surface area contributed by atoms with Crippen molar-refractivity contribution in [2.45, 2.75) is 19.9 Å². The van der Waals surface area contributed by atoms with Crippen LogP contribution >= 0.6 is 11.3 Å². The molecule has 0 aliphatic rings. The quantitative estimate of drug-likeness (QED) is 0.409. The molecule has 0 fully saturated rings. The summed E-state index contributed by atoms with van der Waals surface area (Å²) >= 11 is 0.816. The highest BCUT2D eigenvalue weighted by atomic mass is 32.2. The molecule has 2 N–H and O–H groups in total. The summed E-state index contributed by atoms with van der Waals surface area (Å²) in [7, 11) is -3.88. The average Bonchev–Trinajstić information content (AvgIpc) is 3.32. The molecule has 160 valence electrons. The van der Waals surface area contributed by atoms with Crippen molar-refractivity contribution >= 4 is 50.3 Å². The van der Waals surface area contributed by atoms with Gasteiger partial charge >= 0.3 is 12.4 Å². The maximum Gasteiger partial charge on any atom is 0.312 e. The number of nitrogens with zero attached hydrogens (tertiary/aromatic N) is 3. The molecule has 0 saturated carbocycles. The molecule has 0 bridgehead atoms. The number of anilines is 1. The van der Waals surface area contributed by atoms with E-state index in [-0.39, 0.29) is 39.3 Å². The topological polar surface area (TPSA) is 133 Å². The van der Waals surface area contributed by atoms with Gasteiger partial charge in [-0.1, -0.05) is 0 Å². The Morgan fingerprint density at radius 3 is 2.77 bits per heavy atom. The van der Waals surface area contributed by atoms with Crippen LogP contribution in [0.25, 0.3) is 11.1 Å². The van der Waals surface area contributed by atoms with E-state index in [4.69, 9.17) is 15.2 Å². The summed E-state index contributed by atoms with van der Waals surface area (Å²) in [4.78, 5) is 8.02.